The Bertz CT molecular complexity index is 2090. The van der Waals surface area contributed by atoms with Gasteiger partial charge in [0, 0.05) is 0 Å². The Morgan fingerprint density at radius 2 is 0.630 bits per heavy atom. The van der Waals surface area contributed by atoms with Gasteiger partial charge in [0.2, 0.25) is 0 Å². The Morgan fingerprint density at radius 3 is 0.852 bits per heavy atom. The first-order chi connectivity index (χ1) is 25.5. The van der Waals surface area contributed by atoms with Crippen molar-refractivity contribution in [1.82, 2.24) is 0 Å². The third-order valence-corrected chi connectivity index (χ3v) is 121. The van der Waals surface area contributed by atoms with E-state index in [4.69, 9.17) is 0 Å². The van der Waals surface area contributed by atoms with E-state index in [1.165, 1.54) is 66.8 Å². The SMILES string of the molecule is CC[SiH2][Zr]([Cl])([Cl])([CH2][CH2][Zr]([Cl])([Cl])([SiH2]CC)([CH]1C(C)=Cc2ccccc21)[CH]1C(C)=Cc2ccccc21)([CH]1C(C)=Cc2ccccc21)[CH]1C(C)=Cc2ccccc21. The fourth-order valence-electron chi connectivity index (χ4n) is 13.8. The van der Waals surface area contributed by atoms with Crippen LogP contribution in [0.3, 0.4) is 0 Å². The van der Waals surface area contributed by atoms with E-state index in [1.807, 2.05) is 0 Å². The number of benzene rings is 4. The second-order valence-corrected chi connectivity index (χ2v) is 124. The molecule has 0 radical (unpaired) electrons. The molecule has 282 valence electrons. The molecule has 4 aromatic rings. The first-order valence-electron chi connectivity index (χ1n) is 20.2. The zero-order valence-electron chi connectivity index (χ0n) is 32.6. The fourth-order valence-corrected chi connectivity index (χ4v) is 166. The van der Waals surface area contributed by atoms with Crippen molar-refractivity contribution in [3.05, 3.63) is 164 Å². The number of rotatable bonds is 11. The molecule has 0 saturated carbocycles. The number of fused-ring (bicyclic) bond motifs is 4. The molecular formula is C46H54Cl4Si2Zr2. The predicted octanol–water partition coefficient (Wildman–Crippen LogP) is 14.6. The zero-order valence-corrected chi connectivity index (χ0v) is 43.4. The summed E-state index contributed by atoms with van der Waals surface area (Å²) in [6.07, 6.45) is 9.58. The van der Waals surface area contributed by atoms with E-state index in [9.17, 15) is 34.1 Å². The van der Waals surface area contributed by atoms with Gasteiger partial charge in [-0.15, -0.1) is 0 Å². The molecule has 0 bridgehead atoms. The first kappa shape index (κ1) is 40.0. The molecule has 54 heavy (non-hydrogen) atoms. The summed E-state index contributed by atoms with van der Waals surface area (Å²) in [5.74, 6) is 0. The minimum absolute atomic E-state index is 0.0246. The Hall–Kier alpha value is -0.800. The minimum atomic E-state index is -5.91. The Balaban J connectivity index is 1.48. The molecule has 0 amide bonds. The standard InChI is InChI=1S/4C10H9.2C2H7Si.C2H4.4ClH.2Zr/c4*1-8-6-9-4-2-3-5-10(9)7-8;2*1-2-3;1-2;;;;;;/h4*2-7H,1H3;2*2-3H2,1H3;1-2H2;4*1H;;/q;;;;;;;;;;;2*+2/p-4. The van der Waals surface area contributed by atoms with E-state index in [1.54, 1.807) is 0 Å². The van der Waals surface area contributed by atoms with Crippen LogP contribution in [0.5, 0.6) is 0 Å². The summed E-state index contributed by atoms with van der Waals surface area (Å²) in [5.41, 5.74) is 15.6. The molecular weight excluding hydrogens is 933 g/mol. The Kier molecular flexibility index (Phi) is 9.52. The molecule has 4 atom stereocenters. The van der Waals surface area contributed by atoms with Crippen molar-refractivity contribution >= 4 is 71.6 Å². The molecule has 4 aromatic carbocycles. The van der Waals surface area contributed by atoms with Crippen LogP contribution in [0.1, 0.15) is 101 Å². The Labute approximate surface area is 336 Å². The number of halogens is 4. The third kappa shape index (κ3) is 5.43. The zero-order chi connectivity index (χ0) is 38.4. The van der Waals surface area contributed by atoms with Crippen LogP contribution < -0.4 is 0 Å². The predicted molar refractivity (Wildman–Crippen MR) is 242 cm³/mol. The Morgan fingerprint density at radius 1 is 0.407 bits per heavy atom. The van der Waals surface area contributed by atoms with Crippen molar-refractivity contribution in [3.8, 4) is 0 Å². The molecule has 8 rings (SSSR count). The van der Waals surface area contributed by atoms with Gasteiger partial charge < -0.3 is 0 Å². The summed E-state index contributed by atoms with van der Waals surface area (Å²) < 4.78 is 1.36. The normalized spacial score (nSPS) is 24.6. The van der Waals surface area contributed by atoms with Crippen LogP contribution in [-0.4, -0.2) is 13.3 Å². The average Bonchev–Trinajstić information content (AvgIpc) is 3.87. The van der Waals surface area contributed by atoms with Gasteiger partial charge in [-0.25, -0.2) is 0 Å². The van der Waals surface area contributed by atoms with Crippen molar-refractivity contribution in [1.29, 1.82) is 0 Å². The molecule has 0 heterocycles. The molecule has 0 aliphatic heterocycles. The summed E-state index contributed by atoms with van der Waals surface area (Å²) in [5, 5.41) is 0. The van der Waals surface area contributed by atoms with E-state index in [2.05, 4.69) is 163 Å². The van der Waals surface area contributed by atoms with Crippen molar-refractivity contribution < 1.29 is 28.1 Å². The summed E-state index contributed by atoms with van der Waals surface area (Å²) in [4.78, 5) is 0. The van der Waals surface area contributed by atoms with Crippen LogP contribution in [0, 0.1) is 0 Å². The maximum absolute atomic E-state index is 9.48. The fraction of sp³-hybridized carbons (Fsp3) is 0.304. The van der Waals surface area contributed by atoms with E-state index in [0.717, 1.165) is 20.3 Å². The van der Waals surface area contributed by atoms with Crippen molar-refractivity contribution in [3.63, 3.8) is 0 Å². The van der Waals surface area contributed by atoms with E-state index >= 15 is 0 Å². The maximum atomic E-state index is 9.48. The molecule has 0 fully saturated rings. The van der Waals surface area contributed by atoms with Gasteiger partial charge in [-0.3, -0.25) is 0 Å². The van der Waals surface area contributed by atoms with Gasteiger partial charge in [-0.1, -0.05) is 0 Å². The third-order valence-electron chi connectivity index (χ3n) is 15.0. The van der Waals surface area contributed by atoms with Gasteiger partial charge in [0.25, 0.3) is 0 Å². The van der Waals surface area contributed by atoms with Gasteiger partial charge in [0.15, 0.2) is 0 Å². The van der Waals surface area contributed by atoms with Crippen LogP contribution in [0.2, 0.25) is 20.3 Å². The molecule has 4 aliphatic rings. The number of hydrogen-bond donors (Lipinski definition) is 0. The van der Waals surface area contributed by atoms with E-state index < -0.39 is 41.4 Å². The van der Waals surface area contributed by atoms with E-state index in [0.29, 0.717) is 0 Å². The van der Waals surface area contributed by atoms with Crippen LogP contribution in [0.4, 0.5) is 0 Å². The monoisotopic (exact) mass is 982 g/mol. The average molecular weight is 987 g/mol. The first-order valence-corrected chi connectivity index (χ1v) is 55.8. The molecule has 8 heteroatoms. The quantitative estimate of drug-likeness (QED) is 0.131. The molecule has 0 saturated heterocycles. The van der Waals surface area contributed by atoms with Gasteiger partial charge in [-0.2, -0.15) is 0 Å². The van der Waals surface area contributed by atoms with Crippen LogP contribution in [0.25, 0.3) is 24.3 Å². The van der Waals surface area contributed by atoms with Gasteiger partial charge in [0.1, 0.15) is 0 Å². The van der Waals surface area contributed by atoms with Gasteiger partial charge in [0.05, 0.1) is 0 Å². The number of allylic oxidation sites excluding steroid dienone is 4. The van der Waals surface area contributed by atoms with Crippen LogP contribution in [-0.2, 0) is 28.1 Å². The van der Waals surface area contributed by atoms with Crippen molar-refractivity contribution in [2.45, 2.75) is 76.4 Å². The van der Waals surface area contributed by atoms with E-state index in [-0.39, 0.29) is 14.5 Å². The van der Waals surface area contributed by atoms with Gasteiger partial charge >= 0.3 is 340 Å². The van der Waals surface area contributed by atoms with Crippen molar-refractivity contribution in [2.24, 2.45) is 0 Å². The topological polar surface area (TPSA) is 0 Å². The number of hydrogen-bond acceptors (Lipinski definition) is 0. The molecule has 0 nitrogen and oxygen atoms in total. The molecule has 4 aliphatic carbocycles. The van der Waals surface area contributed by atoms with Crippen molar-refractivity contribution in [2.75, 3.05) is 0 Å². The van der Waals surface area contributed by atoms with Crippen LogP contribution >= 0.6 is 34.1 Å². The summed E-state index contributed by atoms with van der Waals surface area (Å²) in [7, 11) is 37.9. The molecule has 0 N–H and O–H groups in total. The summed E-state index contributed by atoms with van der Waals surface area (Å²) >= 11 is -11.8. The second-order valence-electron chi connectivity index (χ2n) is 18.4. The molecule has 4 unspecified atom stereocenters. The second kappa shape index (κ2) is 12.8. The molecule has 0 aromatic heterocycles. The van der Waals surface area contributed by atoms with Crippen LogP contribution in [0.15, 0.2) is 119 Å². The summed E-state index contributed by atoms with van der Waals surface area (Å²) in [6.45, 7) is 11.7. The molecule has 0 spiro atoms. The summed E-state index contributed by atoms with van der Waals surface area (Å²) in [6, 6.07) is 37.8. The van der Waals surface area contributed by atoms with Gasteiger partial charge in [-0.05, 0) is 0 Å².